The summed E-state index contributed by atoms with van der Waals surface area (Å²) in [6.45, 7) is 3.38. The fraction of sp³-hybridized carbons (Fsp3) is 0.357. The number of anilines is 1. The molecule has 0 amide bonds. The van der Waals surface area contributed by atoms with Crippen LogP contribution < -0.4 is 5.32 Å². The van der Waals surface area contributed by atoms with Gasteiger partial charge in [-0.05, 0) is 29.5 Å². The van der Waals surface area contributed by atoms with Gasteiger partial charge in [0.15, 0.2) is 0 Å². The molecule has 1 N–H and O–H groups in total. The molecule has 1 atom stereocenters. The minimum absolute atomic E-state index is 0.614. The molecule has 1 aliphatic heterocycles. The highest BCUT2D eigenvalue weighted by Gasteiger charge is 2.20. The molecule has 0 saturated carbocycles. The molecule has 2 aromatic rings. The number of fused-ring (bicyclic) bond motifs is 1. The first-order chi connectivity index (χ1) is 8.25. The fourth-order valence-electron chi connectivity index (χ4n) is 2.63. The van der Waals surface area contributed by atoms with Crippen molar-refractivity contribution < 1.29 is 0 Å². The van der Waals surface area contributed by atoms with Crippen molar-refractivity contribution >= 4 is 5.69 Å². The summed E-state index contributed by atoms with van der Waals surface area (Å²) in [6, 6.07) is 6.48. The van der Waals surface area contributed by atoms with Crippen LogP contribution in [0.5, 0.6) is 0 Å². The van der Waals surface area contributed by atoms with Crippen LogP contribution in [0.2, 0.25) is 0 Å². The molecule has 1 aromatic carbocycles. The van der Waals surface area contributed by atoms with Gasteiger partial charge in [-0.25, -0.2) is 0 Å². The van der Waals surface area contributed by atoms with Gasteiger partial charge < -0.3 is 5.32 Å². The molecule has 0 saturated heterocycles. The number of rotatable bonds is 1. The van der Waals surface area contributed by atoms with Crippen molar-refractivity contribution in [2.45, 2.75) is 19.3 Å². The van der Waals surface area contributed by atoms with Gasteiger partial charge in [-0.1, -0.05) is 19.1 Å². The number of aromatic nitrogens is 2. The molecule has 3 nitrogen and oxygen atoms in total. The van der Waals surface area contributed by atoms with E-state index in [-0.39, 0.29) is 0 Å². The van der Waals surface area contributed by atoms with Gasteiger partial charge in [0.25, 0.3) is 0 Å². The van der Waals surface area contributed by atoms with E-state index in [1.165, 1.54) is 28.8 Å². The zero-order valence-electron chi connectivity index (χ0n) is 10.3. The summed E-state index contributed by atoms with van der Waals surface area (Å²) in [4.78, 5) is 0. The molecule has 3 rings (SSSR count). The Hall–Kier alpha value is -1.77. The second-order valence-electron chi connectivity index (χ2n) is 4.79. The fourth-order valence-corrected chi connectivity index (χ4v) is 2.63. The Labute approximate surface area is 101 Å². The van der Waals surface area contributed by atoms with Crippen molar-refractivity contribution in [2.24, 2.45) is 7.05 Å². The van der Waals surface area contributed by atoms with Crippen LogP contribution in [0.1, 0.15) is 24.8 Å². The highest BCUT2D eigenvalue weighted by Crippen LogP contribution is 2.38. The number of nitrogens with one attached hydrogen (secondary N) is 1. The lowest BCUT2D eigenvalue weighted by Gasteiger charge is -2.26. The van der Waals surface area contributed by atoms with Crippen LogP contribution in [0.3, 0.4) is 0 Å². The predicted molar refractivity (Wildman–Crippen MR) is 70.2 cm³/mol. The highest BCUT2D eigenvalue weighted by molar-refractivity contribution is 5.75. The van der Waals surface area contributed by atoms with Crippen LogP contribution in [0.25, 0.3) is 11.1 Å². The summed E-state index contributed by atoms with van der Waals surface area (Å²) < 4.78 is 1.86. The third-order valence-corrected chi connectivity index (χ3v) is 3.51. The molecular weight excluding hydrogens is 210 g/mol. The molecule has 1 aromatic heterocycles. The van der Waals surface area contributed by atoms with E-state index in [1.54, 1.807) is 0 Å². The molecule has 0 fully saturated rings. The molecule has 0 bridgehead atoms. The normalized spacial score (nSPS) is 18.6. The number of hydrogen-bond acceptors (Lipinski definition) is 2. The summed E-state index contributed by atoms with van der Waals surface area (Å²) in [6.07, 6.45) is 5.22. The van der Waals surface area contributed by atoms with Gasteiger partial charge in [0, 0.05) is 31.0 Å². The minimum Gasteiger partial charge on any atom is -0.385 e. The van der Waals surface area contributed by atoms with Crippen molar-refractivity contribution in [1.82, 2.24) is 9.78 Å². The van der Waals surface area contributed by atoms with Gasteiger partial charge in [0.2, 0.25) is 0 Å². The maximum absolute atomic E-state index is 4.26. The highest BCUT2D eigenvalue weighted by atomic mass is 15.2. The van der Waals surface area contributed by atoms with E-state index in [2.05, 4.69) is 41.7 Å². The van der Waals surface area contributed by atoms with Crippen LogP contribution in [-0.2, 0) is 7.05 Å². The van der Waals surface area contributed by atoms with E-state index in [4.69, 9.17) is 0 Å². The SMILES string of the molecule is C[C@H]1CCNc2cccc(-c3cnn(C)c3)c21. The maximum Gasteiger partial charge on any atom is 0.0568 e. The van der Waals surface area contributed by atoms with Crippen molar-refractivity contribution in [2.75, 3.05) is 11.9 Å². The van der Waals surface area contributed by atoms with Crippen molar-refractivity contribution in [3.8, 4) is 11.1 Å². The van der Waals surface area contributed by atoms with Crippen LogP contribution in [0, 0.1) is 0 Å². The van der Waals surface area contributed by atoms with Gasteiger partial charge in [-0.3, -0.25) is 4.68 Å². The minimum atomic E-state index is 0.614. The van der Waals surface area contributed by atoms with E-state index in [0.29, 0.717) is 5.92 Å². The quantitative estimate of drug-likeness (QED) is 0.811. The van der Waals surface area contributed by atoms with Crippen LogP contribution in [-0.4, -0.2) is 16.3 Å². The van der Waals surface area contributed by atoms with Crippen molar-refractivity contribution in [3.05, 3.63) is 36.2 Å². The molecule has 17 heavy (non-hydrogen) atoms. The van der Waals surface area contributed by atoms with E-state index >= 15 is 0 Å². The molecule has 88 valence electrons. The Balaban J connectivity index is 2.17. The first kappa shape index (κ1) is 10.4. The average Bonchev–Trinajstić information content (AvgIpc) is 2.75. The molecule has 2 heterocycles. The largest absolute Gasteiger partial charge is 0.385 e. The predicted octanol–water partition coefficient (Wildman–Crippen LogP) is 3.01. The number of aryl methyl sites for hydroxylation is 1. The Morgan fingerprint density at radius 1 is 1.41 bits per heavy atom. The Morgan fingerprint density at radius 2 is 2.29 bits per heavy atom. The molecule has 0 aliphatic carbocycles. The lowest BCUT2D eigenvalue weighted by atomic mass is 9.87. The van der Waals surface area contributed by atoms with Crippen LogP contribution >= 0.6 is 0 Å². The lowest BCUT2D eigenvalue weighted by Crippen LogP contribution is -2.15. The van der Waals surface area contributed by atoms with Gasteiger partial charge in [0.1, 0.15) is 0 Å². The summed E-state index contributed by atoms with van der Waals surface area (Å²) in [5.41, 5.74) is 5.24. The maximum atomic E-state index is 4.26. The Morgan fingerprint density at radius 3 is 3.06 bits per heavy atom. The van der Waals surface area contributed by atoms with E-state index in [1.807, 2.05) is 17.9 Å². The second-order valence-corrected chi connectivity index (χ2v) is 4.79. The van der Waals surface area contributed by atoms with Gasteiger partial charge in [-0.2, -0.15) is 5.10 Å². The zero-order valence-corrected chi connectivity index (χ0v) is 10.3. The molecular formula is C14H17N3. The van der Waals surface area contributed by atoms with Crippen LogP contribution in [0.4, 0.5) is 5.69 Å². The second kappa shape index (κ2) is 3.91. The number of benzene rings is 1. The zero-order chi connectivity index (χ0) is 11.8. The summed E-state index contributed by atoms with van der Waals surface area (Å²) >= 11 is 0. The summed E-state index contributed by atoms with van der Waals surface area (Å²) in [5, 5.41) is 7.75. The number of nitrogens with zero attached hydrogens (tertiary/aromatic N) is 2. The molecule has 3 heteroatoms. The first-order valence-electron chi connectivity index (χ1n) is 6.11. The smallest absolute Gasteiger partial charge is 0.0568 e. The number of hydrogen-bond donors (Lipinski definition) is 1. The molecule has 0 unspecified atom stereocenters. The Bertz CT molecular complexity index is 542. The summed E-state index contributed by atoms with van der Waals surface area (Å²) in [5.74, 6) is 0.614. The lowest BCUT2D eigenvalue weighted by molar-refractivity contribution is 0.685. The Kier molecular flexibility index (Phi) is 2.39. The summed E-state index contributed by atoms with van der Waals surface area (Å²) in [7, 11) is 1.96. The van der Waals surface area contributed by atoms with Gasteiger partial charge >= 0.3 is 0 Å². The monoisotopic (exact) mass is 227 g/mol. The molecule has 1 aliphatic rings. The van der Waals surface area contributed by atoms with E-state index in [0.717, 1.165) is 6.54 Å². The van der Waals surface area contributed by atoms with E-state index in [9.17, 15) is 0 Å². The average molecular weight is 227 g/mol. The third-order valence-electron chi connectivity index (χ3n) is 3.51. The van der Waals surface area contributed by atoms with Crippen molar-refractivity contribution in [3.63, 3.8) is 0 Å². The van der Waals surface area contributed by atoms with Crippen molar-refractivity contribution in [1.29, 1.82) is 0 Å². The molecule has 0 spiro atoms. The topological polar surface area (TPSA) is 29.9 Å². The van der Waals surface area contributed by atoms with Gasteiger partial charge in [-0.15, -0.1) is 0 Å². The van der Waals surface area contributed by atoms with E-state index < -0.39 is 0 Å². The standard InChI is InChI=1S/C14H17N3/c1-10-6-7-15-13-5-3-4-12(14(10)13)11-8-16-17(2)9-11/h3-5,8-10,15H,6-7H2,1-2H3/t10-/m0/s1. The van der Waals surface area contributed by atoms with Gasteiger partial charge in [0.05, 0.1) is 6.20 Å². The molecule has 0 radical (unpaired) electrons. The van der Waals surface area contributed by atoms with Crippen LogP contribution in [0.15, 0.2) is 30.6 Å². The first-order valence-corrected chi connectivity index (χ1v) is 6.11. The third kappa shape index (κ3) is 1.71.